The first-order valence-electron chi connectivity index (χ1n) is 5.89. The summed E-state index contributed by atoms with van der Waals surface area (Å²) in [7, 11) is 0. The van der Waals surface area contributed by atoms with Gasteiger partial charge in [0, 0.05) is 12.6 Å². The van der Waals surface area contributed by atoms with Gasteiger partial charge in [0.05, 0.1) is 12.6 Å². The predicted octanol–water partition coefficient (Wildman–Crippen LogP) is 1.68. The third kappa shape index (κ3) is 4.54. The van der Waals surface area contributed by atoms with Gasteiger partial charge in [-0.15, -0.1) is 0 Å². The van der Waals surface area contributed by atoms with Crippen LogP contribution in [0.3, 0.4) is 0 Å². The van der Waals surface area contributed by atoms with E-state index in [2.05, 4.69) is 17.6 Å². The maximum absolute atomic E-state index is 10.9. The van der Waals surface area contributed by atoms with E-state index in [1.165, 1.54) is 6.92 Å². The van der Waals surface area contributed by atoms with E-state index >= 15 is 0 Å². The van der Waals surface area contributed by atoms with Gasteiger partial charge >= 0.3 is 0 Å². The van der Waals surface area contributed by atoms with E-state index in [9.17, 15) is 9.90 Å². The van der Waals surface area contributed by atoms with Crippen LogP contribution < -0.4 is 10.6 Å². The molecule has 0 spiro atoms. The van der Waals surface area contributed by atoms with Gasteiger partial charge in [0.25, 0.3) is 0 Å². The van der Waals surface area contributed by atoms with Crippen molar-refractivity contribution in [3.63, 3.8) is 0 Å². The van der Waals surface area contributed by atoms with Gasteiger partial charge in [0.1, 0.15) is 0 Å². The van der Waals surface area contributed by atoms with Crippen molar-refractivity contribution in [2.75, 3.05) is 18.5 Å². The standard InChI is InChI=1S/C13H20N2O2/c1-3-8-14-13(9-16)11-4-6-12(7-5-11)15-10(2)17/h4-7,13-14,16H,3,8-9H2,1-2H3,(H,15,17). The lowest BCUT2D eigenvalue weighted by molar-refractivity contribution is -0.114. The van der Waals surface area contributed by atoms with Gasteiger partial charge in [-0.2, -0.15) is 0 Å². The van der Waals surface area contributed by atoms with Crippen LogP contribution >= 0.6 is 0 Å². The molecule has 94 valence electrons. The predicted molar refractivity (Wildman–Crippen MR) is 68.9 cm³/mol. The van der Waals surface area contributed by atoms with E-state index in [4.69, 9.17) is 0 Å². The summed E-state index contributed by atoms with van der Waals surface area (Å²) in [5, 5.41) is 15.3. The fourth-order valence-electron chi connectivity index (χ4n) is 1.61. The molecule has 0 aliphatic carbocycles. The van der Waals surface area contributed by atoms with Crippen molar-refractivity contribution in [3.05, 3.63) is 29.8 Å². The first-order valence-corrected chi connectivity index (χ1v) is 5.89. The smallest absolute Gasteiger partial charge is 0.221 e. The highest BCUT2D eigenvalue weighted by atomic mass is 16.3. The maximum atomic E-state index is 10.9. The van der Waals surface area contributed by atoms with E-state index in [-0.39, 0.29) is 18.6 Å². The molecule has 1 aromatic rings. The number of benzene rings is 1. The van der Waals surface area contributed by atoms with Crippen LogP contribution in [-0.4, -0.2) is 24.2 Å². The summed E-state index contributed by atoms with van der Waals surface area (Å²) in [5.41, 5.74) is 1.79. The largest absolute Gasteiger partial charge is 0.394 e. The molecule has 0 saturated heterocycles. The van der Waals surface area contributed by atoms with E-state index in [0.29, 0.717) is 0 Å². The molecule has 3 N–H and O–H groups in total. The molecule has 0 aliphatic rings. The van der Waals surface area contributed by atoms with Crippen molar-refractivity contribution in [1.29, 1.82) is 0 Å². The molecule has 1 amide bonds. The second kappa shape index (κ2) is 7.04. The molecule has 1 aromatic carbocycles. The Morgan fingerprint density at radius 3 is 2.47 bits per heavy atom. The average Bonchev–Trinajstić information content (AvgIpc) is 2.31. The number of aliphatic hydroxyl groups excluding tert-OH is 1. The van der Waals surface area contributed by atoms with Crippen LogP contribution in [0.2, 0.25) is 0 Å². The number of amides is 1. The summed E-state index contributed by atoms with van der Waals surface area (Å²) >= 11 is 0. The lowest BCUT2D eigenvalue weighted by atomic mass is 10.1. The van der Waals surface area contributed by atoms with Crippen molar-refractivity contribution in [3.8, 4) is 0 Å². The van der Waals surface area contributed by atoms with Gasteiger partial charge in [-0.05, 0) is 30.7 Å². The van der Waals surface area contributed by atoms with Crippen LogP contribution in [-0.2, 0) is 4.79 Å². The third-order valence-electron chi connectivity index (χ3n) is 2.46. The lowest BCUT2D eigenvalue weighted by Gasteiger charge is -2.16. The molecule has 0 fully saturated rings. The number of carbonyl (C=O) groups excluding carboxylic acids is 1. The van der Waals surface area contributed by atoms with Crippen molar-refractivity contribution in [2.24, 2.45) is 0 Å². The normalized spacial score (nSPS) is 12.2. The Bertz CT molecular complexity index is 349. The highest BCUT2D eigenvalue weighted by molar-refractivity contribution is 5.88. The van der Waals surface area contributed by atoms with Gasteiger partial charge in [-0.3, -0.25) is 4.79 Å². The molecule has 4 heteroatoms. The Kier molecular flexibility index (Phi) is 5.66. The first-order chi connectivity index (χ1) is 8.17. The molecule has 1 unspecified atom stereocenters. The molecular formula is C13H20N2O2. The van der Waals surface area contributed by atoms with E-state index < -0.39 is 0 Å². The minimum Gasteiger partial charge on any atom is -0.394 e. The monoisotopic (exact) mass is 236 g/mol. The molecule has 1 atom stereocenters. The van der Waals surface area contributed by atoms with Crippen molar-refractivity contribution >= 4 is 11.6 Å². The van der Waals surface area contributed by atoms with Crippen molar-refractivity contribution in [2.45, 2.75) is 26.3 Å². The summed E-state index contributed by atoms with van der Waals surface area (Å²) in [6.07, 6.45) is 1.03. The molecule has 1 rings (SSSR count). The number of rotatable bonds is 6. The van der Waals surface area contributed by atoms with Gasteiger partial charge < -0.3 is 15.7 Å². The summed E-state index contributed by atoms with van der Waals surface area (Å²) in [5.74, 6) is -0.0828. The molecule has 17 heavy (non-hydrogen) atoms. The lowest BCUT2D eigenvalue weighted by Crippen LogP contribution is -2.25. The number of aliphatic hydroxyl groups is 1. The van der Waals surface area contributed by atoms with Crippen molar-refractivity contribution in [1.82, 2.24) is 5.32 Å². The molecule has 0 aromatic heterocycles. The quantitative estimate of drug-likeness (QED) is 0.704. The fourth-order valence-corrected chi connectivity index (χ4v) is 1.61. The molecule has 0 bridgehead atoms. The van der Waals surface area contributed by atoms with Crippen LogP contribution in [0.15, 0.2) is 24.3 Å². The Morgan fingerprint density at radius 1 is 1.35 bits per heavy atom. The maximum Gasteiger partial charge on any atom is 0.221 e. The second-order valence-corrected chi connectivity index (χ2v) is 3.99. The number of anilines is 1. The van der Waals surface area contributed by atoms with Gasteiger partial charge in [0.15, 0.2) is 0 Å². The Balaban J connectivity index is 2.67. The molecular weight excluding hydrogens is 216 g/mol. The summed E-state index contributed by atoms with van der Waals surface area (Å²) in [4.78, 5) is 10.9. The zero-order valence-electron chi connectivity index (χ0n) is 10.4. The average molecular weight is 236 g/mol. The van der Waals surface area contributed by atoms with E-state index in [1.807, 2.05) is 24.3 Å². The SMILES string of the molecule is CCCNC(CO)c1ccc(NC(C)=O)cc1. The van der Waals surface area contributed by atoms with Crippen LogP contribution in [0.5, 0.6) is 0 Å². The first kappa shape index (κ1) is 13.7. The topological polar surface area (TPSA) is 61.4 Å². The Labute approximate surface area is 102 Å². The number of nitrogens with one attached hydrogen (secondary N) is 2. The van der Waals surface area contributed by atoms with Gasteiger partial charge in [-0.1, -0.05) is 19.1 Å². The Morgan fingerprint density at radius 2 is 2.00 bits per heavy atom. The fraction of sp³-hybridized carbons (Fsp3) is 0.462. The molecule has 4 nitrogen and oxygen atoms in total. The second-order valence-electron chi connectivity index (χ2n) is 3.99. The van der Waals surface area contributed by atoms with Crippen LogP contribution in [0.4, 0.5) is 5.69 Å². The van der Waals surface area contributed by atoms with E-state index in [0.717, 1.165) is 24.2 Å². The minimum atomic E-state index is -0.0828. The molecule has 0 radical (unpaired) electrons. The summed E-state index contributed by atoms with van der Waals surface area (Å²) in [6, 6.07) is 7.46. The van der Waals surface area contributed by atoms with Gasteiger partial charge in [0.2, 0.25) is 5.91 Å². The Hall–Kier alpha value is -1.39. The van der Waals surface area contributed by atoms with E-state index in [1.54, 1.807) is 0 Å². The highest BCUT2D eigenvalue weighted by Crippen LogP contribution is 2.16. The summed E-state index contributed by atoms with van der Waals surface area (Å²) < 4.78 is 0. The van der Waals surface area contributed by atoms with Crippen LogP contribution in [0, 0.1) is 0 Å². The number of hydrogen-bond donors (Lipinski definition) is 3. The van der Waals surface area contributed by atoms with Crippen molar-refractivity contribution < 1.29 is 9.90 Å². The summed E-state index contributed by atoms with van der Waals surface area (Å²) in [6.45, 7) is 4.51. The molecule has 0 heterocycles. The molecule has 0 saturated carbocycles. The number of hydrogen-bond acceptors (Lipinski definition) is 3. The zero-order valence-corrected chi connectivity index (χ0v) is 10.4. The third-order valence-corrected chi connectivity index (χ3v) is 2.46. The molecule has 0 aliphatic heterocycles. The zero-order chi connectivity index (χ0) is 12.7. The van der Waals surface area contributed by atoms with Gasteiger partial charge in [-0.25, -0.2) is 0 Å². The van der Waals surface area contributed by atoms with Crippen LogP contribution in [0.25, 0.3) is 0 Å². The van der Waals surface area contributed by atoms with Crippen LogP contribution in [0.1, 0.15) is 31.9 Å². The number of carbonyl (C=O) groups is 1. The highest BCUT2D eigenvalue weighted by Gasteiger charge is 2.08. The minimum absolute atomic E-state index is 0.0404.